The first-order chi connectivity index (χ1) is 8.39. The lowest BCUT2D eigenvalue weighted by Crippen LogP contribution is -2.31. The number of hydrogen-bond donors (Lipinski definition) is 1. The van der Waals surface area contributed by atoms with Crippen molar-refractivity contribution in [3.8, 4) is 0 Å². The van der Waals surface area contributed by atoms with Crippen LogP contribution in [0, 0.1) is 0 Å². The first-order valence-corrected chi connectivity index (χ1v) is 6.52. The molecule has 1 aromatic rings. The van der Waals surface area contributed by atoms with Gasteiger partial charge in [0.2, 0.25) is 0 Å². The number of hydrogen-bond acceptors (Lipinski definition) is 3. The molecule has 3 nitrogen and oxygen atoms in total. The topological polar surface area (TPSA) is 40.5 Å². The van der Waals surface area contributed by atoms with Crippen molar-refractivity contribution in [2.75, 3.05) is 7.05 Å². The van der Waals surface area contributed by atoms with E-state index in [-0.39, 0.29) is 5.78 Å². The summed E-state index contributed by atoms with van der Waals surface area (Å²) in [7, 11) is 2.15. The molecule has 2 heterocycles. The molecule has 2 bridgehead atoms. The lowest BCUT2D eigenvalue weighted by Gasteiger charge is -2.18. The first-order valence-electron chi connectivity index (χ1n) is 6.52. The molecule has 1 N–H and O–H groups in total. The van der Waals surface area contributed by atoms with Gasteiger partial charge < -0.3 is 5.11 Å². The zero-order chi connectivity index (χ0) is 13.1. The van der Waals surface area contributed by atoms with E-state index in [1.807, 2.05) is 12.1 Å². The van der Waals surface area contributed by atoms with Gasteiger partial charge in [0.15, 0.2) is 5.78 Å². The second kappa shape index (κ2) is 3.65. The summed E-state index contributed by atoms with van der Waals surface area (Å²) in [5.74, 6) is -0.198. The summed E-state index contributed by atoms with van der Waals surface area (Å²) in [5, 5.41) is 9.81. The number of carbonyl (C=O) groups excluding carboxylic acids is 1. The summed E-state index contributed by atoms with van der Waals surface area (Å²) in [6, 6.07) is 6.88. The predicted molar refractivity (Wildman–Crippen MR) is 69.5 cm³/mol. The number of benzene rings is 1. The van der Waals surface area contributed by atoms with E-state index in [1.54, 1.807) is 13.8 Å². The second-order valence-corrected chi connectivity index (χ2v) is 6.01. The van der Waals surface area contributed by atoms with E-state index in [4.69, 9.17) is 0 Å². The van der Waals surface area contributed by atoms with Crippen LogP contribution in [0.25, 0.3) is 0 Å². The Morgan fingerprint density at radius 2 is 1.89 bits per heavy atom. The molecule has 2 unspecified atom stereocenters. The zero-order valence-electron chi connectivity index (χ0n) is 11.1. The lowest BCUT2D eigenvalue weighted by molar-refractivity contribution is 0.0488. The normalized spacial score (nSPS) is 26.4. The Labute approximate surface area is 107 Å². The summed E-state index contributed by atoms with van der Waals surface area (Å²) < 4.78 is 0. The molecule has 0 amide bonds. The fourth-order valence-corrected chi connectivity index (χ4v) is 3.35. The number of Topliss-reactive ketones (excluding diaryl/α,β-unsaturated/α-hetero) is 1. The molecule has 0 spiro atoms. The molecule has 1 aromatic carbocycles. The van der Waals surface area contributed by atoms with Gasteiger partial charge in [-0.2, -0.15) is 0 Å². The van der Waals surface area contributed by atoms with Crippen molar-refractivity contribution in [2.45, 2.75) is 44.4 Å². The Balaban J connectivity index is 2.02. The fourth-order valence-electron chi connectivity index (χ4n) is 3.35. The Morgan fingerprint density at radius 3 is 2.50 bits per heavy atom. The highest BCUT2D eigenvalue weighted by Crippen LogP contribution is 2.52. The third-order valence-corrected chi connectivity index (χ3v) is 4.32. The van der Waals surface area contributed by atoms with Crippen molar-refractivity contribution < 1.29 is 9.90 Å². The average molecular weight is 245 g/mol. The van der Waals surface area contributed by atoms with Crippen LogP contribution in [0.5, 0.6) is 0 Å². The molecule has 3 rings (SSSR count). The maximum atomic E-state index is 12.1. The summed E-state index contributed by atoms with van der Waals surface area (Å²) in [6.45, 7) is 3.08. The highest BCUT2D eigenvalue weighted by molar-refractivity contribution is 6.02. The molecule has 96 valence electrons. The first kappa shape index (κ1) is 11.9. The minimum Gasteiger partial charge on any atom is -0.382 e. The van der Waals surface area contributed by atoms with Crippen LogP contribution in [-0.4, -0.2) is 28.4 Å². The highest BCUT2D eigenvalue weighted by Gasteiger charge is 2.41. The number of fused-ring (bicyclic) bond motifs is 5. The van der Waals surface area contributed by atoms with Crippen molar-refractivity contribution in [1.29, 1.82) is 0 Å². The van der Waals surface area contributed by atoms with Gasteiger partial charge in [-0.3, -0.25) is 9.69 Å². The van der Waals surface area contributed by atoms with Gasteiger partial charge >= 0.3 is 0 Å². The minimum atomic E-state index is -1.29. The number of ketones is 1. The van der Waals surface area contributed by atoms with E-state index < -0.39 is 5.60 Å². The smallest absolute Gasteiger partial charge is 0.193 e. The number of rotatable bonds is 2. The third kappa shape index (κ3) is 1.54. The quantitative estimate of drug-likeness (QED) is 0.814. The molecule has 3 heteroatoms. The van der Waals surface area contributed by atoms with Crippen molar-refractivity contribution in [1.82, 2.24) is 4.90 Å². The largest absolute Gasteiger partial charge is 0.382 e. The summed E-state index contributed by atoms with van der Waals surface area (Å²) in [5.41, 5.74) is 1.98. The maximum absolute atomic E-state index is 12.1. The summed E-state index contributed by atoms with van der Waals surface area (Å²) in [4.78, 5) is 14.5. The predicted octanol–water partition coefficient (Wildman–Crippen LogP) is 2.46. The van der Waals surface area contributed by atoms with Crippen LogP contribution in [0.3, 0.4) is 0 Å². The molecule has 0 radical (unpaired) electrons. The monoisotopic (exact) mass is 245 g/mol. The van der Waals surface area contributed by atoms with Crippen LogP contribution in [0.4, 0.5) is 0 Å². The van der Waals surface area contributed by atoms with Gasteiger partial charge in [0, 0.05) is 17.6 Å². The fraction of sp³-hybridized carbons (Fsp3) is 0.533. The molecule has 0 saturated carbocycles. The molecule has 2 atom stereocenters. The number of aliphatic hydroxyl groups is 1. The van der Waals surface area contributed by atoms with Crippen LogP contribution in [0.15, 0.2) is 18.2 Å². The van der Waals surface area contributed by atoms with E-state index in [9.17, 15) is 9.90 Å². The SMILES string of the molecule is CN1C2CCC1c1cc(C(=O)C(C)(C)O)ccc12. The summed E-state index contributed by atoms with van der Waals surface area (Å²) in [6.07, 6.45) is 2.39. The number of nitrogens with zero attached hydrogens (tertiary/aromatic N) is 1. The van der Waals surface area contributed by atoms with Gasteiger partial charge in [0.05, 0.1) is 0 Å². The Bertz CT molecular complexity index is 516. The van der Waals surface area contributed by atoms with Crippen molar-refractivity contribution >= 4 is 5.78 Å². The Kier molecular flexibility index (Phi) is 2.41. The Hall–Kier alpha value is -1.19. The van der Waals surface area contributed by atoms with E-state index in [1.165, 1.54) is 24.0 Å². The maximum Gasteiger partial charge on any atom is 0.193 e. The highest BCUT2D eigenvalue weighted by atomic mass is 16.3. The van der Waals surface area contributed by atoms with Gasteiger partial charge in [0.1, 0.15) is 5.60 Å². The second-order valence-electron chi connectivity index (χ2n) is 6.01. The molecule has 18 heavy (non-hydrogen) atoms. The van der Waals surface area contributed by atoms with Crippen LogP contribution < -0.4 is 0 Å². The zero-order valence-corrected chi connectivity index (χ0v) is 11.1. The third-order valence-electron chi connectivity index (χ3n) is 4.32. The van der Waals surface area contributed by atoms with E-state index in [0.29, 0.717) is 17.6 Å². The van der Waals surface area contributed by atoms with E-state index in [0.717, 1.165) is 0 Å². The van der Waals surface area contributed by atoms with E-state index >= 15 is 0 Å². The molecule has 2 aliphatic rings. The Morgan fingerprint density at radius 1 is 1.28 bits per heavy atom. The average Bonchev–Trinajstić information content (AvgIpc) is 2.81. The molecular weight excluding hydrogens is 226 g/mol. The van der Waals surface area contributed by atoms with Crippen LogP contribution in [-0.2, 0) is 0 Å². The molecule has 1 fully saturated rings. The standard InChI is InChI=1S/C15H19NO2/c1-15(2,18)14(17)9-4-5-10-11(8-9)13-7-6-12(10)16(13)3/h4-5,8,12-13,18H,6-7H2,1-3H3. The van der Waals surface area contributed by atoms with Gasteiger partial charge in [0.25, 0.3) is 0 Å². The van der Waals surface area contributed by atoms with Crippen LogP contribution in [0.2, 0.25) is 0 Å². The molecule has 1 saturated heterocycles. The molecular formula is C15H19NO2. The van der Waals surface area contributed by atoms with Gasteiger partial charge in [-0.15, -0.1) is 0 Å². The summed E-state index contributed by atoms with van der Waals surface area (Å²) >= 11 is 0. The van der Waals surface area contributed by atoms with Crippen molar-refractivity contribution in [2.24, 2.45) is 0 Å². The molecule has 2 aliphatic heterocycles. The van der Waals surface area contributed by atoms with Crippen molar-refractivity contribution in [3.63, 3.8) is 0 Å². The van der Waals surface area contributed by atoms with Gasteiger partial charge in [-0.05, 0) is 50.9 Å². The van der Waals surface area contributed by atoms with Gasteiger partial charge in [-0.1, -0.05) is 12.1 Å². The van der Waals surface area contributed by atoms with Crippen LogP contribution >= 0.6 is 0 Å². The van der Waals surface area contributed by atoms with Gasteiger partial charge in [-0.25, -0.2) is 0 Å². The van der Waals surface area contributed by atoms with Crippen LogP contribution in [0.1, 0.15) is 60.3 Å². The van der Waals surface area contributed by atoms with E-state index in [2.05, 4.69) is 18.0 Å². The number of carbonyl (C=O) groups is 1. The molecule has 0 aromatic heterocycles. The van der Waals surface area contributed by atoms with Crippen molar-refractivity contribution in [3.05, 3.63) is 34.9 Å². The molecule has 0 aliphatic carbocycles. The minimum absolute atomic E-state index is 0.198. The lowest BCUT2D eigenvalue weighted by atomic mass is 9.87.